The number of rotatable bonds is 13. The third-order valence-electron chi connectivity index (χ3n) is 7.38. The van der Waals surface area contributed by atoms with Gasteiger partial charge in [0.1, 0.15) is 18.3 Å². The number of anilines is 1. The first-order valence-electron chi connectivity index (χ1n) is 14.6. The summed E-state index contributed by atoms with van der Waals surface area (Å²) in [5.41, 5.74) is 3.48. The van der Waals surface area contributed by atoms with E-state index >= 15 is 0 Å². The highest BCUT2D eigenvalue weighted by Crippen LogP contribution is 2.34. The summed E-state index contributed by atoms with van der Waals surface area (Å²) in [6.45, 7) is 5.34. The average Bonchev–Trinajstić information content (AvgIpc) is 3.03. The second kappa shape index (κ2) is 15.1. The van der Waals surface area contributed by atoms with Crippen LogP contribution in [0.1, 0.15) is 29.2 Å². The molecule has 0 bridgehead atoms. The van der Waals surface area contributed by atoms with Gasteiger partial charge in [0.05, 0.1) is 17.7 Å². The fourth-order valence-electron chi connectivity index (χ4n) is 4.98. The smallest absolute Gasteiger partial charge is 0.264 e. The molecular formula is C35H38ClN3O5S. The van der Waals surface area contributed by atoms with Crippen LogP contribution >= 0.6 is 11.6 Å². The van der Waals surface area contributed by atoms with E-state index in [1.807, 2.05) is 51.1 Å². The lowest BCUT2D eigenvalue weighted by atomic mass is 10.0. The van der Waals surface area contributed by atoms with Crippen molar-refractivity contribution in [3.63, 3.8) is 0 Å². The molecule has 8 nitrogen and oxygen atoms in total. The van der Waals surface area contributed by atoms with Gasteiger partial charge in [-0.1, -0.05) is 77.8 Å². The van der Waals surface area contributed by atoms with Crippen molar-refractivity contribution in [2.45, 2.75) is 44.7 Å². The molecule has 2 amide bonds. The lowest BCUT2D eigenvalue weighted by Gasteiger charge is -2.34. The summed E-state index contributed by atoms with van der Waals surface area (Å²) in [6, 6.07) is 27.1. The number of benzene rings is 4. The Morgan fingerprint density at radius 3 is 2.13 bits per heavy atom. The predicted molar refractivity (Wildman–Crippen MR) is 178 cm³/mol. The van der Waals surface area contributed by atoms with E-state index in [2.05, 4.69) is 5.32 Å². The molecular weight excluding hydrogens is 610 g/mol. The number of sulfonamides is 1. The Hall–Kier alpha value is -4.34. The largest absolute Gasteiger partial charge is 0.495 e. The SMILES string of the molecule is CCNC(=O)C(Cc1ccccc1)N(Cc1ccc(Cl)cc1)C(=O)CN(c1cc(C)ccc1OC)S(=O)(=O)c1ccc(C)cc1. The second-order valence-electron chi connectivity index (χ2n) is 10.7. The number of hydrogen-bond donors (Lipinski definition) is 1. The van der Waals surface area contributed by atoms with Crippen molar-refractivity contribution in [1.29, 1.82) is 0 Å². The Labute approximate surface area is 270 Å². The number of carbonyl (C=O) groups excluding carboxylic acids is 2. The summed E-state index contributed by atoms with van der Waals surface area (Å²) in [7, 11) is -2.81. The van der Waals surface area contributed by atoms with E-state index in [-0.39, 0.29) is 35.2 Å². The van der Waals surface area contributed by atoms with E-state index < -0.39 is 28.5 Å². The normalized spacial score (nSPS) is 11.8. The van der Waals surface area contributed by atoms with E-state index in [1.54, 1.807) is 54.6 Å². The Balaban J connectivity index is 1.84. The van der Waals surface area contributed by atoms with Crippen LogP contribution in [0.3, 0.4) is 0 Å². The molecule has 4 aromatic rings. The molecule has 45 heavy (non-hydrogen) atoms. The fourth-order valence-corrected chi connectivity index (χ4v) is 6.52. The number of nitrogens with zero attached hydrogens (tertiary/aromatic N) is 2. The Morgan fingerprint density at radius 1 is 0.867 bits per heavy atom. The minimum Gasteiger partial charge on any atom is -0.495 e. The number of aryl methyl sites for hydroxylation is 2. The number of carbonyl (C=O) groups is 2. The third-order valence-corrected chi connectivity index (χ3v) is 9.41. The van der Waals surface area contributed by atoms with Gasteiger partial charge in [-0.05, 0) is 73.9 Å². The number of nitrogens with one attached hydrogen (secondary N) is 1. The number of likely N-dealkylation sites (N-methyl/N-ethyl adjacent to an activating group) is 1. The van der Waals surface area contributed by atoms with E-state index in [0.29, 0.717) is 11.6 Å². The molecule has 0 aliphatic rings. The van der Waals surface area contributed by atoms with Crippen molar-refractivity contribution in [1.82, 2.24) is 10.2 Å². The van der Waals surface area contributed by atoms with Crippen LogP contribution in [-0.2, 0) is 32.6 Å². The summed E-state index contributed by atoms with van der Waals surface area (Å²) >= 11 is 6.14. The molecule has 0 saturated heterocycles. The highest BCUT2D eigenvalue weighted by atomic mass is 35.5. The number of hydrogen-bond acceptors (Lipinski definition) is 5. The maximum absolute atomic E-state index is 14.5. The number of ether oxygens (including phenoxy) is 1. The monoisotopic (exact) mass is 647 g/mol. The molecule has 1 atom stereocenters. The van der Waals surface area contributed by atoms with Crippen LogP contribution in [0, 0.1) is 13.8 Å². The molecule has 0 aromatic heterocycles. The van der Waals surface area contributed by atoms with Crippen LogP contribution in [0.5, 0.6) is 5.75 Å². The Bertz CT molecular complexity index is 1710. The van der Waals surface area contributed by atoms with Crippen molar-refractivity contribution in [2.24, 2.45) is 0 Å². The molecule has 0 saturated carbocycles. The molecule has 1 unspecified atom stereocenters. The molecule has 1 N–H and O–H groups in total. The van der Waals surface area contributed by atoms with E-state index in [9.17, 15) is 18.0 Å². The highest BCUT2D eigenvalue weighted by molar-refractivity contribution is 7.92. The number of halogens is 1. The minimum atomic E-state index is -4.25. The maximum atomic E-state index is 14.5. The predicted octanol–water partition coefficient (Wildman–Crippen LogP) is 5.94. The van der Waals surface area contributed by atoms with Gasteiger partial charge in [-0.2, -0.15) is 0 Å². The van der Waals surface area contributed by atoms with Gasteiger partial charge in [-0.25, -0.2) is 8.42 Å². The first-order chi connectivity index (χ1) is 21.5. The summed E-state index contributed by atoms with van der Waals surface area (Å²) in [6.07, 6.45) is 0.227. The van der Waals surface area contributed by atoms with Crippen molar-refractivity contribution in [2.75, 3.05) is 24.5 Å². The molecule has 10 heteroatoms. The molecule has 0 aliphatic heterocycles. The standard InChI is InChI=1S/C35H38ClN3O5S/c1-5-37-35(41)32(22-27-9-7-6-8-10-27)38(23-28-14-16-29(36)17-15-28)34(40)24-39(31-21-26(3)13-20-33(31)44-4)45(42,43)30-18-11-25(2)12-19-30/h6-21,32H,5,22-24H2,1-4H3,(H,37,41). The molecule has 236 valence electrons. The molecule has 0 aliphatic carbocycles. The average molecular weight is 648 g/mol. The third kappa shape index (κ3) is 8.44. The molecule has 4 aromatic carbocycles. The highest BCUT2D eigenvalue weighted by Gasteiger charge is 2.35. The number of amides is 2. The quantitative estimate of drug-likeness (QED) is 0.194. The molecule has 0 radical (unpaired) electrons. The van der Waals surface area contributed by atoms with Crippen LogP contribution in [0.25, 0.3) is 0 Å². The molecule has 0 spiro atoms. The summed E-state index contributed by atoms with van der Waals surface area (Å²) in [4.78, 5) is 29.6. The van der Waals surface area contributed by atoms with Gasteiger partial charge < -0.3 is 15.0 Å². The summed E-state index contributed by atoms with van der Waals surface area (Å²) in [5, 5.41) is 3.39. The van der Waals surface area contributed by atoms with Gasteiger partial charge in [0, 0.05) is 24.5 Å². The molecule has 0 heterocycles. The van der Waals surface area contributed by atoms with Gasteiger partial charge in [-0.15, -0.1) is 0 Å². The van der Waals surface area contributed by atoms with Gasteiger partial charge >= 0.3 is 0 Å². The fraction of sp³-hybridized carbons (Fsp3) is 0.257. The maximum Gasteiger partial charge on any atom is 0.264 e. The molecule has 0 fully saturated rings. The van der Waals surface area contributed by atoms with Crippen LogP contribution in [0.15, 0.2) is 102 Å². The number of methoxy groups -OCH3 is 1. The first kappa shape index (κ1) is 33.6. The van der Waals surface area contributed by atoms with E-state index in [0.717, 1.165) is 26.6 Å². The Kier molecular flexibility index (Phi) is 11.3. The topological polar surface area (TPSA) is 96.0 Å². The van der Waals surface area contributed by atoms with Crippen LogP contribution in [0.4, 0.5) is 5.69 Å². The minimum absolute atomic E-state index is 0.0262. The lowest BCUT2D eigenvalue weighted by Crippen LogP contribution is -2.53. The Morgan fingerprint density at radius 2 is 1.51 bits per heavy atom. The van der Waals surface area contributed by atoms with Crippen LogP contribution in [-0.4, -0.2) is 51.4 Å². The van der Waals surface area contributed by atoms with E-state index in [4.69, 9.17) is 16.3 Å². The van der Waals surface area contributed by atoms with Gasteiger partial charge in [0.15, 0.2) is 0 Å². The van der Waals surface area contributed by atoms with Crippen molar-refractivity contribution in [3.8, 4) is 5.75 Å². The molecule has 4 rings (SSSR count). The van der Waals surface area contributed by atoms with Gasteiger partial charge in [0.2, 0.25) is 11.8 Å². The summed E-state index contributed by atoms with van der Waals surface area (Å²) in [5.74, 6) is -0.612. The lowest BCUT2D eigenvalue weighted by molar-refractivity contribution is -0.140. The van der Waals surface area contributed by atoms with Crippen molar-refractivity contribution < 1.29 is 22.7 Å². The van der Waals surface area contributed by atoms with E-state index in [1.165, 1.54) is 24.1 Å². The zero-order valence-electron chi connectivity index (χ0n) is 25.9. The second-order valence-corrected chi connectivity index (χ2v) is 13.0. The van der Waals surface area contributed by atoms with Crippen molar-refractivity contribution >= 4 is 39.1 Å². The van der Waals surface area contributed by atoms with Crippen molar-refractivity contribution in [3.05, 3.63) is 124 Å². The van der Waals surface area contributed by atoms with Gasteiger partial charge in [-0.3, -0.25) is 13.9 Å². The van der Waals surface area contributed by atoms with Gasteiger partial charge in [0.25, 0.3) is 10.0 Å². The summed E-state index contributed by atoms with van der Waals surface area (Å²) < 4.78 is 35.2. The van der Waals surface area contributed by atoms with Crippen LogP contribution < -0.4 is 14.4 Å². The first-order valence-corrected chi connectivity index (χ1v) is 16.4. The zero-order chi connectivity index (χ0) is 32.6. The van der Waals surface area contributed by atoms with Crippen LogP contribution in [0.2, 0.25) is 5.02 Å². The zero-order valence-corrected chi connectivity index (χ0v) is 27.4.